The van der Waals surface area contributed by atoms with Crippen LogP contribution in [0.1, 0.15) is 22.3 Å². The van der Waals surface area contributed by atoms with Crippen molar-refractivity contribution in [1.82, 2.24) is 5.32 Å². The van der Waals surface area contributed by atoms with E-state index in [0.717, 1.165) is 15.6 Å². The summed E-state index contributed by atoms with van der Waals surface area (Å²) in [5.41, 5.74) is 4.50. The van der Waals surface area contributed by atoms with Crippen LogP contribution in [-0.4, -0.2) is 26.3 Å². The molecule has 0 aliphatic carbocycles. The van der Waals surface area contributed by atoms with Gasteiger partial charge in [-0.3, -0.25) is 0 Å². The predicted octanol–water partition coefficient (Wildman–Crippen LogP) is 5.22. The number of benzene rings is 2. The lowest BCUT2D eigenvalue weighted by molar-refractivity contribution is 0.322. The van der Waals surface area contributed by atoms with Crippen molar-refractivity contribution in [3.8, 4) is 17.2 Å². The van der Waals surface area contributed by atoms with Gasteiger partial charge in [-0.1, -0.05) is 40.3 Å². The first-order chi connectivity index (χ1) is 12.9. The third-order valence-electron chi connectivity index (χ3n) is 4.29. The number of ether oxygens (including phenoxy) is 3. The van der Waals surface area contributed by atoms with E-state index in [9.17, 15) is 0 Å². The summed E-state index contributed by atoms with van der Waals surface area (Å²) >= 11 is 9.01. The molecular weight excluding hydrogens is 426 g/mol. The van der Waals surface area contributed by atoms with Crippen LogP contribution in [-0.2, 0) is 6.54 Å². The van der Waals surface area contributed by atoms with Crippen LogP contribution in [0.2, 0.25) is 0 Å². The molecule has 27 heavy (non-hydrogen) atoms. The Balaban J connectivity index is 2.10. The van der Waals surface area contributed by atoms with Gasteiger partial charge in [-0.2, -0.15) is 0 Å². The van der Waals surface area contributed by atoms with Crippen molar-refractivity contribution in [3.63, 3.8) is 0 Å². The zero-order valence-corrected chi connectivity index (χ0v) is 18.6. The topological polar surface area (TPSA) is 39.7 Å². The zero-order chi connectivity index (χ0) is 20.0. The average molecular weight is 450 g/mol. The smallest absolute Gasteiger partial charge is 0.203 e. The van der Waals surface area contributed by atoms with Gasteiger partial charge in [-0.05, 0) is 54.8 Å². The molecule has 0 fully saturated rings. The monoisotopic (exact) mass is 449 g/mol. The van der Waals surface area contributed by atoms with Gasteiger partial charge < -0.3 is 19.5 Å². The summed E-state index contributed by atoms with van der Waals surface area (Å²) in [5.74, 6) is 1.83. The average Bonchev–Trinajstić information content (AvgIpc) is 2.67. The maximum absolute atomic E-state index is 5.50. The fourth-order valence-corrected chi connectivity index (χ4v) is 3.37. The van der Waals surface area contributed by atoms with E-state index in [0.29, 0.717) is 28.8 Å². The Kier molecular flexibility index (Phi) is 7.68. The molecule has 0 bridgehead atoms. The fourth-order valence-electron chi connectivity index (χ4n) is 2.65. The first-order valence-corrected chi connectivity index (χ1v) is 9.61. The number of thiocarbonyl (C=S) groups is 1. The molecule has 0 heterocycles. The molecule has 0 unspecified atom stereocenters. The Labute approximate surface area is 174 Å². The first-order valence-electron chi connectivity index (χ1n) is 8.41. The van der Waals surface area contributed by atoms with E-state index >= 15 is 0 Å². The van der Waals surface area contributed by atoms with E-state index < -0.39 is 0 Å². The van der Waals surface area contributed by atoms with Gasteiger partial charge in [0.15, 0.2) is 11.5 Å². The molecular formula is C21H24BrNO3S. The Bertz CT molecular complexity index is 842. The second-order valence-corrected chi connectivity index (χ2v) is 7.28. The molecule has 0 radical (unpaired) electrons. The van der Waals surface area contributed by atoms with Crippen LogP contribution in [0, 0.1) is 13.8 Å². The molecule has 1 N–H and O–H groups in total. The number of hydrogen-bond donors (Lipinski definition) is 1. The van der Waals surface area contributed by atoms with Gasteiger partial charge in [0.25, 0.3) is 0 Å². The molecule has 0 amide bonds. The third-order valence-corrected chi connectivity index (χ3v) is 5.40. The second kappa shape index (κ2) is 9.76. The number of nitrogens with one attached hydrogen (secondary N) is 1. The minimum absolute atomic E-state index is 0.517. The SMILES string of the molecule is COc1ccc(CNC(=S)/C=C/c2cc(C)c(C)c(Br)c2)c(OC)c1OC. The first kappa shape index (κ1) is 21.3. The summed E-state index contributed by atoms with van der Waals surface area (Å²) in [5, 5.41) is 3.23. The van der Waals surface area contributed by atoms with E-state index in [-0.39, 0.29) is 0 Å². The van der Waals surface area contributed by atoms with E-state index in [2.05, 4.69) is 47.2 Å². The highest BCUT2D eigenvalue weighted by Crippen LogP contribution is 2.39. The van der Waals surface area contributed by atoms with Gasteiger partial charge in [0, 0.05) is 16.6 Å². The highest BCUT2D eigenvalue weighted by atomic mass is 79.9. The Morgan fingerprint density at radius 1 is 1.07 bits per heavy atom. The predicted molar refractivity (Wildman–Crippen MR) is 118 cm³/mol. The van der Waals surface area contributed by atoms with E-state index in [1.807, 2.05) is 24.3 Å². The molecule has 0 atom stereocenters. The molecule has 0 aromatic heterocycles. The molecule has 4 nitrogen and oxygen atoms in total. The standard InChI is InChI=1S/C21H24BrNO3S/c1-13-10-15(11-17(22)14(13)2)6-9-19(27)23-12-16-7-8-18(24-3)21(26-5)20(16)25-4/h6-11H,12H2,1-5H3,(H,23,27)/b9-6+. The van der Waals surface area contributed by atoms with Crippen LogP contribution >= 0.6 is 28.1 Å². The number of hydrogen-bond acceptors (Lipinski definition) is 4. The van der Waals surface area contributed by atoms with Gasteiger partial charge >= 0.3 is 0 Å². The lowest BCUT2D eigenvalue weighted by Crippen LogP contribution is -2.19. The number of aryl methyl sites for hydroxylation is 1. The maximum Gasteiger partial charge on any atom is 0.203 e. The molecule has 0 aliphatic heterocycles. The summed E-state index contributed by atoms with van der Waals surface area (Å²) in [7, 11) is 4.80. The van der Waals surface area contributed by atoms with Crippen LogP contribution in [0.15, 0.2) is 34.8 Å². The quantitative estimate of drug-likeness (QED) is 0.463. The summed E-state index contributed by atoms with van der Waals surface area (Å²) < 4.78 is 17.3. The van der Waals surface area contributed by atoms with Crippen LogP contribution in [0.4, 0.5) is 0 Å². The van der Waals surface area contributed by atoms with Crippen molar-refractivity contribution < 1.29 is 14.2 Å². The summed E-state index contributed by atoms with van der Waals surface area (Å²) in [4.78, 5) is 0.640. The van der Waals surface area contributed by atoms with Crippen LogP contribution < -0.4 is 19.5 Å². The van der Waals surface area contributed by atoms with E-state index in [1.165, 1.54) is 11.1 Å². The minimum atomic E-state index is 0.517. The Morgan fingerprint density at radius 3 is 2.37 bits per heavy atom. The van der Waals surface area contributed by atoms with Gasteiger partial charge in [0.1, 0.15) is 0 Å². The van der Waals surface area contributed by atoms with Crippen LogP contribution in [0.3, 0.4) is 0 Å². The zero-order valence-electron chi connectivity index (χ0n) is 16.2. The normalized spacial score (nSPS) is 10.7. The minimum Gasteiger partial charge on any atom is -0.493 e. The molecule has 0 saturated heterocycles. The molecule has 144 valence electrons. The molecule has 2 aromatic carbocycles. The lowest BCUT2D eigenvalue weighted by atomic mass is 10.1. The number of halogens is 1. The number of rotatable bonds is 7. The van der Waals surface area contributed by atoms with E-state index in [4.69, 9.17) is 26.4 Å². The summed E-state index contributed by atoms with van der Waals surface area (Å²) in [6.07, 6.45) is 3.89. The van der Waals surface area contributed by atoms with Crippen molar-refractivity contribution in [2.45, 2.75) is 20.4 Å². The molecule has 0 saturated carbocycles. The maximum atomic E-state index is 5.50. The largest absolute Gasteiger partial charge is 0.493 e. The Morgan fingerprint density at radius 2 is 1.78 bits per heavy atom. The molecule has 0 spiro atoms. The van der Waals surface area contributed by atoms with E-state index in [1.54, 1.807) is 21.3 Å². The Hall–Kier alpha value is -2.05. The highest BCUT2D eigenvalue weighted by Gasteiger charge is 2.15. The van der Waals surface area contributed by atoms with Crippen molar-refractivity contribution in [2.24, 2.45) is 0 Å². The summed E-state index contributed by atoms with van der Waals surface area (Å²) in [6.45, 7) is 4.70. The van der Waals surface area contributed by atoms with Crippen molar-refractivity contribution in [1.29, 1.82) is 0 Å². The van der Waals surface area contributed by atoms with Gasteiger partial charge in [0.05, 0.1) is 26.3 Å². The van der Waals surface area contributed by atoms with Crippen LogP contribution in [0.5, 0.6) is 17.2 Å². The fraction of sp³-hybridized carbons (Fsp3) is 0.286. The molecule has 2 aromatic rings. The molecule has 0 aliphatic rings. The second-order valence-electron chi connectivity index (χ2n) is 5.99. The third kappa shape index (κ3) is 5.23. The number of methoxy groups -OCH3 is 3. The van der Waals surface area contributed by atoms with Crippen molar-refractivity contribution in [3.05, 3.63) is 57.1 Å². The van der Waals surface area contributed by atoms with Gasteiger partial charge in [-0.25, -0.2) is 0 Å². The molecule has 2 rings (SSSR count). The van der Waals surface area contributed by atoms with Crippen molar-refractivity contribution in [2.75, 3.05) is 21.3 Å². The summed E-state index contributed by atoms with van der Waals surface area (Å²) in [6, 6.07) is 8.00. The van der Waals surface area contributed by atoms with Gasteiger partial charge in [0.2, 0.25) is 5.75 Å². The van der Waals surface area contributed by atoms with Gasteiger partial charge in [-0.15, -0.1) is 0 Å². The highest BCUT2D eigenvalue weighted by molar-refractivity contribution is 9.10. The van der Waals surface area contributed by atoms with Crippen LogP contribution in [0.25, 0.3) is 6.08 Å². The lowest BCUT2D eigenvalue weighted by Gasteiger charge is -2.16. The van der Waals surface area contributed by atoms with Crippen molar-refractivity contribution >= 4 is 39.2 Å². The molecule has 6 heteroatoms.